The van der Waals surface area contributed by atoms with Crippen LogP contribution in [-0.2, 0) is 12.8 Å². The minimum absolute atomic E-state index is 0.139. The third kappa shape index (κ3) is 5.41. The van der Waals surface area contributed by atoms with Crippen LogP contribution in [0.15, 0.2) is 12.1 Å². The maximum absolute atomic E-state index is 11.3. The van der Waals surface area contributed by atoms with Crippen LogP contribution >= 0.6 is 0 Å². The molecule has 0 spiro atoms. The fourth-order valence-electron chi connectivity index (χ4n) is 1.89. The molecule has 0 fully saturated rings. The second-order valence-electron chi connectivity index (χ2n) is 4.50. The largest absolute Gasteiger partial charge is 0.394 e. The quantitative estimate of drug-likeness (QED) is 0.774. The molecule has 1 atom stereocenters. The number of carbonyl (C=O) groups is 1. The van der Waals surface area contributed by atoms with Crippen LogP contribution in [0.25, 0.3) is 0 Å². The number of rotatable bonds is 4. The van der Waals surface area contributed by atoms with Gasteiger partial charge in [-0.3, -0.25) is 4.79 Å². The van der Waals surface area contributed by atoms with Gasteiger partial charge in [0.15, 0.2) is 0 Å². The fourth-order valence-corrected chi connectivity index (χ4v) is 1.89. The Morgan fingerprint density at radius 3 is 2.16 bits per heavy atom. The van der Waals surface area contributed by atoms with E-state index in [0.717, 1.165) is 24.0 Å². The van der Waals surface area contributed by atoms with Crippen LogP contribution in [0.2, 0.25) is 0 Å². The van der Waals surface area contributed by atoms with E-state index >= 15 is 0 Å². The lowest BCUT2D eigenvalue weighted by Crippen LogP contribution is -2.16. The SMILES string of the molecule is CC(O)CO.CCc1ccc(C)c(C(N)=O)c1CC. The summed E-state index contributed by atoms with van der Waals surface area (Å²) in [6.45, 7) is 7.47. The second-order valence-corrected chi connectivity index (χ2v) is 4.50. The molecule has 0 radical (unpaired) electrons. The van der Waals surface area contributed by atoms with Gasteiger partial charge >= 0.3 is 0 Å². The number of hydrogen-bond donors (Lipinski definition) is 3. The van der Waals surface area contributed by atoms with Gasteiger partial charge in [0.05, 0.1) is 12.7 Å². The van der Waals surface area contributed by atoms with Crippen LogP contribution in [0.4, 0.5) is 0 Å². The lowest BCUT2D eigenvalue weighted by molar-refractivity contribution is 0.0998. The van der Waals surface area contributed by atoms with Gasteiger partial charge in [0.2, 0.25) is 5.91 Å². The maximum atomic E-state index is 11.3. The van der Waals surface area contributed by atoms with Gasteiger partial charge in [0, 0.05) is 5.56 Å². The molecule has 0 saturated carbocycles. The molecule has 19 heavy (non-hydrogen) atoms. The van der Waals surface area contributed by atoms with Crippen molar-refractivity contribution >= 4 is 5.91 Å². The third-order valence-corrected chi connectivity index (χ3v) is 2.86. The molecule has 0 saturated heterocycles. The molecule has 4 N–H and O–H groups in total. The van der Waals surface area contributed by atoms with Gasteiger partial charge in [-0.2, -0.15) is 0 Å². The molecule has 0 aromatic heterocycles. The Morgan fingerprint density at radius 1 is 1.32 bits per heavy atom. The summed E-state index contributed by atoms with van der Waals surface area (Å²) >= 11 is 0. The van der Waals surface area contributed by atoms with E-state index in [1.807, 2.05) is 13.0 Å². The zero-order chi connectivity index (χ0) is 15.0. The van der Waals surface area contributed by atoms with Crippen LogP contribution in [-0.4, -0.2) is 28.8 Å². The van der Waals surface area contributed by atoms with Crippen molar-refractivity contribution in [3.05, 3.63) is 34.4 Å². The average molecular weight is 267 g/mol. The molecule has 1 aromatic rings. The number of primary amides is 1. The average Bonchev–Trinajstić information content (AvgIpc) is 2.38. The van der Waals surface area contributed by atoms with Crippen LogP contribution in [0.3, 0.4) is 0 Å². The Kier molecular flexibility index (Phi) is 8.03. The monoisotopic (exact) mass is 267 g/mol. The van der Waals surface area contributed by atoms with E-state index in [4.69, 9.17) is 15.9 Å². The molecule has 1 rings (SSSR count). The smallest absolute Gasteiger partial charge is 0.249 e. The van der Waals surface area contributed by atoms with E-state index in [9.17, 15) is 4.79 Å². The fraction of sp³-hybridized carbons (Fsp3) is 0.533. The van der Waals surface area contributed by atoms with Gasteiger partial charge in [0.25, 0.3) is 0 Å². The van der Waals surface area contributed by atoms with Crippen molar-refractivity contribution in [1.82, 2.24) is 0 Å². The van der Waals surface area contributed by atoms with E-state index < -0.39 is 6.10 Å². The number of aliphatic hydroxyl groups excluding tert-OH is 2. The summed E-state index contributed by atoms with van der Waals surface area (Å²) in [5.41, 5.74) is 9.41. The lowest BCUT2D eigenvalue weighted by atomic mass is 9.93. The first-order valence-electron chi connectivity index (χ1n) is 6.58. The van der Waals surface area contributed by atoms with E-state index in [1.165, 1.54) is 12.5 Å². The summed E-state index contributed by atoms with van der Waals surface area (Å²) in [4.78, 5) is 11.3. The zero-order valence-corrected chi connectivity index (χ0v) is 12.2. The molecule has 0 heterocycles. The lowest BCUT2D eigenvalue weighted by Gasteiger charge is -2.12. The number of amides is 1. The van der Waals surface area contributed by atoms with E-state index in [0.29, 0.717) is 5.56 Å². The van der Waals surface area contributed by atoms with Crippen LogP contribution in [0.5, 0.6) is 0 Å². The van der Waals surface area contributed by atoms with E-state index in [2.05, 4.69) is 19.9 Å². The number of hydrogen-bond acceptors (Lipinski definition) is 3. The van der Waals surface area contributed by atoms with Crippen LogP contribution < -0.4 is 5.73 Å². The number of aliphatic hydroxyl groups is 2. The summed E-state index contributed by atoms with van der Waals surface area (Å²) in [7, 11) is 0. The predicted octanol–water partition coefficient (Wildman–Crippen LogP) is 1.58. The molecular formula is C15H25NO3. The molecule has 0 aliphatic carbocycles. The molecule has 0 bridgehead atoms. The topological polar surface area (TPSA) is 83.6 Å². The molecular weight excluding hydrogens is 242 g/mol. The predicted molar refractivity (Wildman–Crippen MR) is 77.2 cm³/mol. The van der Waals surface area contributed by atoms with Gasteiger partial charge in [-0.25, -0.2) is 0 Å². The van der Waals surface area contributed by atoms with Gasteiger partial charge < -0.3 is 15.9 Å². The van der Waals surface area contributed by atoms with Crippen LogP contribution in [0.1, 0.15) is 47.8 Å². The molecule has 4 heteroatoms. The molecule has 0 aliphatic rings. The zero-order valence-electron chi connectivity index (χ0n) is 12.2. The highest BCUT2D eigenvalue weighted by molar-refractivity contribution is 5.96. The third-order valence-electron chi connectivity index (χ3n) is 2.86. The van der Waals surface area contributed by atoms with Gasteiger partial charge in [-0.1, -0.05) is 26.0 Å². The van der Waals surface area contributed by atoms with Crippen molar-refractivity contribution in [2.45, 2.75) is 46.6 Å². The first-order valence-corrected chi connectivity index (χ1v) is 6.58. The maximum Gasteiger partial charge on any atom is 0.249 e. The summed E-state index contributed by atoms with van der Waals surface area (Å²) in [5.74, 6) is -0.311. The van der Waals surface area contributed by atoms with Crippen molar-refractivity contribution in [3.8, 4) is 0 Å². The molecule has 0 aliphatic heterocycles. The van der Waals surface area contributed by atoms with Gasteiger partial charge in [-0.15, -0.1) is 0 Å². The molecule has 1 unspecified atom stereocenters. The highest BCUT2D eigenvalue weighted by Crippen LogP contribution is 2.19. The summed E-state index contributed by atoms with van der Waals surface area (Å²) in [6, 6.07) is 4.05. The second kappa shape index (κ2) is 8.67. The molecule has 1 aromatic carbocycles. The normalized spacial score (nSPS) is 11.5. The minimum Gasteiger partial charge on any atom is -0.394 e. The van der Waals surface area contributed by atoms with E-state index in [1.54, 1.807) is 0 Å². The van der Waals surface area contributed by atoms with Crippen molar-refractivity contribution in [2.24, 2.45) is 5.73 Å². The van der Waals surface area contributed by atoms with Crippen molar-refractivity contribution < 1.29 is 15.0 Å². The number of aryl methyl sites for hydroxylation is 2. The summed E-state index contributed by atoms with van der Waals surface area (Å²) in [6.07, 6.45) is 1.25. The Bertz CT molecular complexity index is 414. The summed E-state index contributed by atoms with van der Waals surface area (Å²) < 4.78 is 0. The Morgan fingerprint density at radius 2 is 1.84 bits per heavy atom. The van der Waals surface area contributed by atoms with Crippen molar-refractivity contribution in [1.29, 1.82) is 0 Å². The highest BCUT2D eigenvalue weighted by atomic mass is 16.3. The van der Waals surface area contributed by atoms with Crippen molar-refractivity contribution in [2.75, 3.05) is 6.61 Å². The van der Waals surface area contributed by atoms with Crippen LogP contribution in [0, 0.1) is 6.92 Å². The molecule has 1 amide bonds. The standard InChI is InChI=1S/C12H17NO.C3H8O2/c1-4-9-7-6-8(3)11(12(13)14)10(9)5-2;1-3(5)2-4/h6-7H,4-5H2,1-3H3,(H2,13,14);3-5H,2H2,1H3. The van der Waals surface area contributed by atoms with Crippen molar-refractivity contribution in [3.63, 3.8) is 0 Å². The number of carbonyl (C=O) groups excluding carboxylic acids is 1. The molecule has 4 nitrogen and oxygen atoms in total. The Labute approximate surface area is 115 Å². The highest BCUT2D eigenvalue weighted by Gasteiger charge is 2.12. The first-order chi connectivity index (χ1) is 8.88. The number of benzene rings is 1. The number of nitrogens with two attached hydrogens (primary N) is 1. The van der Waals surface area contributed by atoms with Gasteiger partial charge in [0.1, 0.15) is 0 Å². The molecule has 108 valence electrons. The first kappa shape index (κ1) is 17.6. The Hall–Kier alpha value is -1.39. The minimum atomic E-state index is -0.560. The van der Waals surface area contributed by atoms with E-state index in [-0.39, 0.29) is 12.5 Å². The van der Waals surface area contributed by atoms with Gasteiger partial charge in [-0.05, 0) is 43.4 Å². The Balaban J connectivity index is 0.000000555. The summed E-state index contributed by atoms with van der Waals surface area (Å²) in [5, 5.41) is 16.0.